The molecule has 1 atom stereocenters. The van der Waals surface area contributed by atoms with Gasteiger partial charge in [0.2, 0.25) is 0 Å². The summed E-state index contributed by atoms with van der Waals surface area (Å²) in [5.41, 5.74) is 3.05. The Labute approximate surface area is 116 Å². The van der Waals surface area contributed by atoms with Crippen LogP contribution < -0.4 is 5.32 Å². The highest BCUT2D eigenvalue weighted by Gasteiger charge is 2.20. The molecule has 3 nitrogen and oxygen atoms in total. The van der Waals surface area contributed by atoms with Crippen molar-refractivity contribution in [3.8, 4) is 0 Å². The van der Waals surface area contributed by atoms with Crippen molar-refractivity contribution in [3.63, 3.8) is 0 Å². The molecule has 0 spiro atoms. The van der Waals surface area contributed by atoms with Crippen LogP contribution in [-0.2, 0) is 6.54 Å². The molecule has 1 aromatic carbocycles. The fraction of sp³-hybridized carbons (Fsp3) is 0.625. The van der Waals surface area contributed by atoms with Gasteiger partial charge in [0, 0.05) is 38.8 Å². The zero-order chi connectivity index (χ0) is 13.1. The van der Waals surface area contributed by atoms with Gasteiger partial charge in [-0.15, -0.1) is 0 Å². The maximum Gasteiger partial charge on any atom is 0.0323 e. The molecule has 0 saturated carbocycles. The van der Waals surface area contributed by atoms with E-state index < -0.39 is 0 Å². The maximum absolute atomic E-state index is 3.63. The minimum absolute atomic E-state index is 0.587. The van der Waals surface area contributed by atoms with Crippen LogP contribution in [0.5, 0.6) is 0 Å². The van der Waals surface area contributed by atoms with Crippen LogP contribution in [0.3, 0.4) is 0 Å². The van der Waals surface area contributed by atoms with Crippen molar-refractivity contribution in [3.05, 3.63) is 35.4 Å². The number of likely N-dealkylation sites (N-methyl/N-ethyl adjacent to an activating group) is 1. The highest BCUT2D eigenvalue weighted by molar-refractivity contribution is 5.30. The molecule has 1 N–H and O–H groups in total. The summed E-state index contributed by atoms with van der Waals surface area (Å²) in [6, 6.07) is 9.58. The first-order chi connectivity index (χ1) is 9.33. The Bertz CT molecular complexity index is 404. The molecule has 104 valence electrons. The predicted molar refractivity (Wildman–Crippen MR) is 79.2 cm³/mol. The average molecular weight is 259 g/mol. The van der Waals surface area contributed by atoms with Gasteiger partial charge in [-0.25, -0.2) is 0 Å². The number of rotatable bonds is 3. The van der Waals surface area contributed by atoms with E-state index in [0.717, 1.165) is 6.54 Å². The first-order valence-electron chi connectivity index (χ1n) is 7.55. The Morgan fingerprint density at radius 3 is 2.68 bits per heavy atom. The third-order valence-corrected chi connectivity index (χ3v) is 4.48. The summed E-state index contributed by atoms with van der Waals surface area (Å²) in [5, 5.41) is 3.63. The van der Waals surface area contributed by atoms with E-state index in [4.69, 9.17) is 0 Å². The normalized spacial score (nSPS) is 25.8. The van der Waals surface area contributed by atoms with Gasteiger partial charge in [0.1, 0.15) is 0 Å². The van der Waals surface area contributed by atoms with Gasteiger partial charge in [-0.1, -0.05) is 24.3 Å². The summed E-state index contributed by atoms with van der Waals surface area (Å²) >= 11 is 0. The quantitative estimate of drug-likeness (QED) is 0.894. The van der Waals surface area contributed by atoms with E-state index in [9.17, 15) is 0 Å². The monoisotopic (exact) mass is 259 g/mol. The third-order valence-electron chi connectivity index (χ3n) is 4.48. The highest BCUT2D eigenvalue weighted by Crippen LogP contribution is 2.26. The number of hydrogen-bond donors (Lipinski definition) is 1. The Morgan fingerprint density at radius 2 is 1.95 bits per heavy atom. The molecule has 1 unspecified atom stereocenters. The molecule has 2 heterocycles. The van der Waals surface area contributed by atoms with Crippen LogP contribution in [0.2, 0.25) is 0 Å². The Hall–Kier alpha value is -0.900. The molecule has 0 aromatic heterocycles. The molecule has 3 rings (SSSR count). The summed E-state index contributed by atoms with van der Waals surface area (Å²) < 4.78 is 0. The van der Waals surface area contributed by atoms with Crippen LogP contribution in [0.15, 0.2) is 24.3 Å². The number of nitrogens with zero attached hydrogens (tertiary/aromatic N) is 2. The maximum atomic E-state index is 3.63. The number of benzene rings is 1. The fourth-order valence-corrected chi connectivity index (χ4v) is 3.22. The third kappa shape index (κ3) is 3.16. The molecular formula is C16H25N3. The van der Waals surface area contributed by atoms with Crippen molar-refractivity contribution in [1.82, 2.24) is 15.1 Å². The van der Waals surface area contributed by atoms with Crippen molar-refractivity contribution < 1.29 is 0 Å². The second-order valence-corrected chi connectivity index (χ2v) is 5.93. The minimum Gasteiger partial charge on any atom is -0.310 e. The molecular weight excluding hydrogens is 234 g/mol. The number of piperazine rings is 1. The van der Waals surface area contributed by atoms with Crippen molar-refractivity contribution in [2.24, 2.45) is 0 Å². The molecule has 1 aromatic rings. The van der Waals surface area contributed by atoms with Crippen molar-refractivity contribution >= 4 is 0 Å². The zero-order valence-corrected chi connectivity index (χ0v) is 11.9. The second kappa shape index (κ2) is 6.04. The standard InChI is InChI=1S/C16H25N3/c1-18-9-11-19(12-10-18)13-14-5-2-3-6-15(14)16-7-4-8-17-16/h2-3,5-6,16-17H,4,7-13H2,1H3. The molecule has 2 saturated heterocycles. The van der Waals surface area contributed by atoms with Crippen LogP contribution in [0.4, 0.5) is 0 Å². The summed E-state index contributed by atoms with van der Waals surface area (Å²) in [4.78, 5) is 5.01. The van der Waals surface area contributed by atoms with Gasteiger partial charge < -0.3 is 10.2 Å². The van der Waals surface area contributed by atoms with Gasteiger partial charge in [0.15, 0.2) is 0 Å². The van der Waals surface area contributed by atoms with Crippen LogP contribution in [0, 0.1) is 0 Å². The van der Waals surface area contributed by atoms with E-state index in [0.29, 0.717) is 6.04 Å². The molecule has 3 heteroatoms. The van der Waals surface area contributed by atoms with E-state index in [1.165, 1.54) is 56.7 Å². The average Bonchev–Trinajstić information content (AvgIpc) is 2.96. The van der Waals surface area contributed by atoms with Gasteiger partial charge in [0.25, 0.3) is 0 Å². The van der Waals surface area contributed by atoms with Crippen LogP contribution in [0.25, 0.3) is 0 Å². The van der Waals surface area contributed by atoms with E-state index in [1.807, 2.05) is 0 Å². The molecule has 2 aliphatic heterocycles. The van der Waals surface area contributed by atoms with Gasteiger partial charge in [-0.05, 0) is 37.6 Å². The van der Waals surface area contributed by atoms with Gasteiger partial charge >= 0.3 is 0 Å². The van der Waals surface area contributed by atoms with Crippen LogP contribution in [-0.4, -0.2) is 49.6 Å². The lowest BCUT2D eigenvalue weighted by atomic mass is 9.98. The molecule has 0 amide bonds. The summed E-state index contributed by atoms with van der Waals surface area (Å²) in [5.74, 6) is 0. The van der Waals surface area contributed by atoms with E-state index in [-0.39, 0.29) is 0 Å². The van der Waals surface area contributed by atoms with Gasteiger partial charge in [-0.3, -0.25) is 4.90 Å². The summed E-state index contributed by atoms with van der Waals surface area (Å²) in [7, 11) is 2.22. The Morgan fingerprint density at radius 1 is 1.16 bits per heavy atom. The predicted octanol–water partition coefficient (Wildman–Crippen LogP) is 1.86. The lowest BCUT2D eigenvalue weighted by Crippen LogP contribution is -2.44. The fourth-order valence-electron chi connectivity index (χ4n) is 3.22. The molecule has 19 heavy (non-hydrogen) atoms. The largest absolute Gasteiger partial charge is 0.310 e. The van der Waals surface area contributed by atoms with Crippen molar-refractivity contribution in [2.75, 3.05) is 39.8 Å². The van der Waals surface area contributed by atoms with E-state index in [2.05, 4.69) is 46.4 Å². The topological polar surface area (TPSA) is 18.5 Å². The Kier molecular flexibility index (Phi) is 4.16. The summed E-state index contributed by atoms with van der Waals surface area (Å²) in [6.45, 7) is 7.08. The smallest absolute Gasteiger partial charge is 0.0323 e. The second-order valence-electron chi connectivity index (χ2n) is 5.93. The minimum atomic E-state index is 0.587. The molecule has 0 bridgehead atoms. The number of nitrogens with one attached hydrogen (secondary N) is 1. The molecule has 2 aliphatic rings. The van der Waals surface area contributed by atoms with E-state index in [1.54, 1.807) is 0 Å². The highest BCUT2D eigenvalue weighted by atomic mass is 15.2. The lowest BCUT2D eigenvalue weighted by molar-refractivity contribution is 0.147. The zero-order valence-electron chi connectivity index (χ0n) is 11.9. The van der Waals surface area contributed by atoms with Gasteiger partial charge in [0.05, 0.1) is 0 Å². The first-order valence-corrected chi connectivity index (χ1v) is 7.55. The SMILES string of the molecule is CN1CCN(Cc2ccccc2C2CCCN2)CC1. The number of hydrogen-bond acceptors (Lipinski definition) is 3. The van der Waals surface area contributed by atoms with Crippen LogP contribution in [0.1, 0.15) is 30.0 Å². The van der Waals surface area contributed by atoms with Crippen molar-refractivity contribution in [2.45, 2.75) is 25.4 Å². The van der Waals surface area contributed by atoms with E-state index >= 15 is 0 Å². The summed E-state index contributed by atoms with van der Waals surface area (Å²) in [6.07, 6.45) is 2.60. The molecule has 0 radical (unpaired) electrons. The lowest BCUT2D eigenvalue weighted by Gasteiger charge is -2.33. The Balaban J connectivity index is 1.69. The van der Waals surface area contributed by atoms with Gasteiger partial charge in [-0.2, -0.15) is 0 Å². The molecule has 2 fully saturated rings. The van der Waals surface area contributed by atoms with Crippen molar-refractivity contribution in [1.29, 1.82) is 0 Å². The first kappa shape index (κ1) is 13.1. The van der Waals surface area contributed by atoms with Crippen LogP contribution >= 0.6 is 0 Å². The molecule has 0 aliphatic carbocycles.